The van der Waals surface area contributed by atoms with Crippen molar-refractivity contribution < 1.29 is 8.42 Å². The van der Waals surface area contributed by atoms with Gasteiger partial charge in [-0.2, -0.15) is 0 Å². The largest absolute Gasteiger partial charge is 0.356 e. The molecule has 1 fully saturated rings. The Balaban J connectivity index is 0.00000420. The predicted molar refractivity (Wildman–Crippen MR) is 133 cm³/mol. The van der Waals surface area contributed by atoms with Gasteiger partial charge in [0.25, 0.3) is 0 Å². The molecule has 0 aliphatic carbocycles. The summed E-state index contributed by atoms with van der Waals surface area (Å²) in [6.07, 6.45) is 3.11. The molecule has 168 valence electrons. The number of nitrogens with one attached hydrogen (secondary N) is 2. The Morgan fingerprint density at radius 2 is 2.00 bits per heavy atom. The molecule has 0 bridgehead atoms. The third-order valence-electron chi connectivity index (χ3n) is 4.83. The minimum atomic E-state index is -3.09. The molecule has 0 radical (unpaired) electrons. The molecule has 0 atom stereocenters. The Hall–Kier alpha value is -0.460. The van der Waals surface area contributed by atoms with E-state index in [-0.39, 0.29) is 41.2 Å². The van der Waals surface area contributed by atoms with Gasteiger partial charge in [0, 0.05) is 49.9 Å². The first kappa shape index (κ1) is 26.6. The van der Waals surface area contributed by atoms with Gasteiger partial charge in [-0.1, -0.05) is 27.7 Å². The van der Waals surface area contributed by atoms with Crippen LogP contribution in [0.1, 0.15) is 57.7 Å². The summed E-state index contributed by atoms with van der Waals surface area (Å²) < 4.78 is 26.0. The fraction of sp³-hybridized carbons (Fsp3) is 0.789. The van der Waals surface area contributed by atoms with Gasteiger partial charge in [-0.3, -0.25) is 4.99 Å². The van der Waals surface area contributed by atoms with E-state index >= 15 is 0 Å². The number of aromatic nitrogens is 1. The molecule has 1 aromatic rings. The summed E-state index contributed by atoms with van der Waals surface area (Å²) in [5.74, 6) is 1.00. The molecule has 2 N–H and O–H groups in total. The van der Waals surface area contributed by atoms with Crippen LogP contribution in [0.3, 0.4) is 0 Å². The fourth-order valence-corrected chi connectivity index (χ4v) is 5.68. The van der Waals surface area contributed by atoms with E-state index in [1.54, 1.807) is 22.7 Å². The number of aliphatic imine (C=N–C) groups is 1. The molecule has 0 spiro atoms. The SMILES string of the molecule is CCCS(=O)(=O)N1CCC(NC(=NC)NCCc2nc(C(C)(C)C)cs2)CC1.I. The van der Waals surface area contributed by atoms with E-state index in [0.717, 1.165) is 42.5 Å². The summed E-state index contributed by atoms with van der Waals surface area (Å²) in [5.41, 5.74) is 1.22. The molecule has 1 saturated heterocycles. The Morgan fingerprint density at radius 3 is 2.52 bits per heavy atom. The molecule has 0 saturated carbocycles. The number of guanidine groups is 1. The smallest absolute Gasteiger partial charge is 0.214 e. The zero-order valence-electron chi connectivity index (χ0n) is 18.2. The molecule has 2 heterocycles. The number of hydrogen-bond acceptors (Lipinski definition) is 5. The first-order chi connectivity index (χ1) is 13.2. The van der Waals surface area contributed by atoms with Crippen molar-refractivity contribution in [2.24, 2.45) is 4.99 Å². The number of hydrogen-bond donors (Lipinski definition) is 2. The lowest BCUT2D eigenvalue weighted by molar-refractivity contribution is 0.306. The molecule has 0 amide bonds. The lowest BCUT2D eigenvalue weighted by Crippen LogP contribution is -2.50. The van der Waals surface area contributed by atoms with Gasteiger partial charge in [-0.25, -0.2) is 17.7 Å². The number of nitrogens with zero attached hydrogens (tertiary/aromatic N) is 3. The molecular weight excluding hydrogens is 521 g/mol. The third kappa shape index (κ3) is 8.29. The molecule has 29 heavy (non-hydrogen) atoms. The highest BCUT2D eigenvalue weighted by Gasteiger charge is 2.27. The summed E-state index contributed by atoms with van der Waals surface area (Å²) >= 11 is 1.70. The third-order valence-corrected chi connectivity index (χ3v) is 7.81. The second-order valence-corrected chi connectivity index (χ2v) is 11.3. The molecule has 10 heteroatoms. The fourth-order valence-electron chi connectivity index (χ4n) is 3.11. The van der Waals surface area contributed by atoms with Gasteiger partial charge in [-0.15, -0.1) is 35.3 Å². The Bertz CT molecular complexity index is 751. The van der Waals surface area contributed by atoms with Crippen molar-refractivity contribution in [3.8, 4) is 0 Å². The van der Waals surface area contributed by atoms with E-state index in [9.17, 15) is 8.42 Å². The maximum absolute atomic E-state index is 12.2. The van der Waals surface area contributed by atoms with Crippen molar-refractivity contribution in [3.63, 3.8) is 0 Å². The zero-order chi connectivity index (χ0) is 20.8. The quantitative estimate of drug-likeness (QED) is 0.306. The van der Waals surface area contributed by atoms with Gasteiger partial charge in [0.1, 0.15) is 0 Å². The van der Waals surface area contributed by atoms with E-state index in [1.807, 2.05) is 6.92 Å². The van der Waals surface area contributed by atoms with Crippen molar-refractivity contribution in [1.82, 2.24) is 19.9 Å². The Kier molecular flexibility index (Phi) is 10.8. The van der Waals surface area contributed by atoms with Crippen LogP contribution >= 0.6 is 35.3 Å². The first-order valence-corrected chi connectivity index (χ1v) is 12.5. The highest BCUT2D eigenvalue weighted by atomic mass is 127. The predicted octanol–water partition coefficient (Wildman–Crippen LogP) is 2.97. The van der Waals surface area contributed by atoms with Gasteiger partial charge < -0.3 is 10.6 Å². The van der Waals surface area contributed by atoms with Crippen LogP contribution in [0.2, 0.25) is 0 Å². The van der Waals surface area contributed by atoms with Gasteiger partial charge >= 0.3 is 0 Å². The van der Waals surface area contributed by atoms with E-state index in [4.69, 9.17) is 4.98 Å². The molecule has 1 aliphatic rings. The second-order valence-electron chi connectivity index (χ2n) is 8.26. The molecule has 1 aliphatic heterocycles. The molecule has 2 rings (SSSR count). The molecular formula is C19H36IN5O2S2. The van der Waals surface area contributed by atoms with Gasteiger partial charge in [-0.05, 0) is 19.3 Å². The van der Waals surface area contributed by atoms with E-state index in [2.05, 4.69) is 41.8 Å². The van der Waals surface area contributed by atoms with Gasteiger partial charge in [0.15, 0.2) is 5.96 Å². The van der Waals surface area contributed by atoms with Crippen LogP contribution in [0.15, 0.2) is 10.4 Å². The number of halogens is 1. The summed E-state index contributed by atoms with van der Waals surface area (Å²) in [6, 6.07) is 0.242. The molecule has 7 nitrogen and oxygen atoms in total. The standard InChI is InChI=1S/C19H35N5O2S2.HI/c1-6-13-28(25,26)24-11-8-15(9-12-24)22-18(20-5)21-10-7-17-23-16(14-27-17)19(2,3)4;/h14-15H,6-13H2,1-5H3,(H2,20,21,22);1H. The highest BCUT2D eigenvalue weighted by Crippen LogP contribution is 2.23. The zero-order valence-corrected chi connectivity index (χ0v) is 22.2. The van der Waals surface area contributed by atoms with Crippen LogP contribution in [0.5, 0.6) is 0 Å². The van der Waals surface area contributed by atoms with E-state index in [0.29, 0.717) is 19.5 Å². The van der Waals surface area contributed by atoms with Crippen LogP contribution in [0.25, 0.3) is 0 Å². The number of thiazole rings is 1. The van der Waals surface area contributed by atoms with Crippen molar-refractivity contribution in [2.75, 3.05) is 32.4 Å². The summed E-state index contributed by atoms with van der Waals surface area (Å²) in [7, 11) is -1.33. The van der Waals surface area contributed by atoms with Crippen molar-refractivity contribution in [2.45, 2.75) is 64.8 Å². The lowest BCUT2D eigenvalue weighted by Gasteiger charge is -2.32. The topological polar surface area (TPSA) is 86.7 Å². The van der Waals surface area contributed by atoms with Crippen molar-refractivity contribution in [1.29, 1.82) is 0 Å². The second kappa shape index (κ2) is 11.8. The van der Waals surface area contributed by atoms with E-state index < -0.39 is 10.0 Å². The Morgan fingerprint density at radius 1 is 1.34 bits per heavy atom. The van der Waals surface area contributed by atoms with Crippen molar-refractivity contribution in [3.05, 3.63) is 16.1 Å². The average molecular weight is 558 g/mol. The molecule has 0 aromatic carbocycles. The number of sulfonamides is 1. The highest BCUT2D eigenvalue weighted by molar-refractivity contribution is 14.0. The first-order valence-electron chi connectivity index (χ1n) is 10.1. The normalized spacial score (nSPS) is 17.1. The van der Waals surface area contributed by atoms with Crippen LogP contribution in [-0.4, -0.2) is 62.1 Å². The van der Waals surface area contributed by atoms with E-state index in [1.165, 1.54) is 0 Å². The number of rotatable bonds is 7. The van der Waals surface area contributed by atoms with Crippen LogP contribution in [0.4, 0.5) is 0 Å². The van der Waals surface area contributed by atoms with Gasteiger partial charge in [0.2, 0.25) is 10.0 Å². The lowest BCUT2D eigenvalue weighted by atomic mass is 9.93. The average Bonchev–Trinajstić information content (AvgIpc) is 3.10. The minimum absolute atomic E-state index is 0. The summed E-state index contributed by atoms with van der Waals surface area (Å²) in [6.45, 7) is 10.3. The summed E-state index contributed by atoms with van der Waals surface area (Å²) in [5, 5.41) is 10.0. The van der Waals surface area contributed by atoms with Crippen LogP contribution in [-0.2, 0) is 21.9 Å². The monoisotopic (exact) mass is 557 g/mol. The van der Waals surface area contributed by atoms with Crippen LogP contribution in [0, 0.1) is 0 Å². The van der Waals surface area contributed by atoms with Crippen LogP contribution < -0.4 is 10.6 Å². The van der Waals surface area contributed by atoms with Crippen molar-refractivity contribution >= 4 is 51.3 Å². The minimum Gasteiger partial charge on any atom is -0.356 e. The maximum Gasteiger partial charge on any atom is 0.214 e. The Labute approximate surface area is 197 Å². The maximum atomic E-state index is 12.2. The molecule has 0 unspecified atom stereocenters. The van der Waals surface area contributed by atoms with Gasteiger partial charge in [0.05, 0.1) is 16.5 Å². The number of piperidine rings is 1. The molecule has 1 aromatic heterocycles. The summed E-state index contributed by atoms with van der Waals surface area (Å²) in [4.78, 5) is 9.02.